The highest BCUT2D eigenvalue weighted by molar-refractivity contribution is 5.77. The lowest BCUT2D eigenvalue weighted by Gasteiger charge is -2.31. The Morgan fingerprint density at radius 3 is 2.94 bits per heavy atom. The van der Waals surface area contributed by atoms with Crippen LogP contribution in [0.5, 0.6) is 0 Å². The molecular weight excluding hydrogens is 418 g/mol. The van der Waals surface area contributed by atoms with Crippen molar-refractivity contribution >= 4 is 27.9 Å². The molecule has 3 aromatic heterocycles. The quantitative estimate of drug-likeness (QED) is 0.290. The third-order valence-corrected chi connectivity index (χ3v) is 6.07. The second-order valence-corrected chi connectivity index (χ2v) is 8.29. The number of piperidine rings is 1. The molecule has 0 aliphatic carbocycles. The number of benzene rings is 1. The smallest absolute Gasteiger partial charge is 0.293 e. The summed E-state index contributed by atoms with van der Waals surface area (Å²) in [6, 6.07) is 11.0. The van der Waals surface area contributed by atoms with Gasteiger partial charge in [0.05, 0.1) is 12.7 Å². The Morgan fingerprint density at radius 2 is 2.12 bits per heavy atom. The van der Waals surface area contributed by atoms with Crippen LogP contribution >= 0.6 is 0 Å². The molecule has 168 valence electrons. The normalized spacial score (nSPS) is 16.2. The molecule has 4 heterocycles. The van der Waals surface area contributed by atoms with E-state index >= 15 is 0 Å². The first kappa shape index (κ1) is 21.0. The molecule has 0 saturated carbocycles. The number of imidazole rings is 1. The Morgan fingerprint density at radius 1 is 1.27 bits per heavy atom. The van der Waals surface area contributed by atoms with Crippen LogP contribution in [0.15, 0.2) is 47.4 Å². The second kappa shape index (κ2) is 8.56. The summed E-state index contributed by atoms with van der Waals surface area (Å²) >= 11 is 0. The van der Waals surface area contributed by atoms with Crippen LogP contribution in [0.25, 0.3) is 21.9 Å². The van der Waals surface area contributed by atoms with Gasteiger partial charge in [-0.15, -0.1) is 5.92 Å². The van der Waals surface area contributed by atoms with Crippen LogP contribution in [-0.4, -0.2) is 38.5 Å². The van der Waals surface area contributed by atoms with E-state index in [-0.39, 0.29) is 18.1 Å². The van der Waals surface area contributed by atoms with Gasteiger partial charge < -0.3 is 15.8 Å². The fourth-order valence-electron chi connectivity index (χ4n) is 4.42. The van der Waals surface area contributed by atoms with Gasteiger partial charge in [-0.25, -0.2) is 9.67 Å². The van der Waals surface area contributed by atoms with Crippen molar-refractivity contribution < 1.29 is 4.73 Å². The maximum absolute atomic E-state index is 13.5. The van der Waals surface area contributed by atoms with Crippen molar-refractivity contribution in [3.8, 4) is 11.8 Å². The summed E-state index contributed by atoms with van der Waals surface area (Å²) in [6.07, 6.45) is 3.52. The minimum absolute atomic E-state index is 0.0532. The van der Waals surface area contributed by atoms with Crippen LogP contribution in [0.1, 0.15) is 25.5 Å². The van der Waals surface area contributed by atoms with Crippen molar-refractivity contribution in [2.45, 2.75) is 38.9 Å². The summed E-state index contributed by atoms with van der Waals surface area (Å²) in [5.41, 5.74) is 7.80. The molecule has 0 spiro atoms. The van der Waals surface area contributed by atoms with Gasteiger partial charge in [0.25, 0.3) is 5.56 Å². The zero-order chi connectivity index (χ0) is 22.9. The molecule has 1 atom stereocenters. The van der Waals surface area contributed by atoms with Crippen molar-refractivity contribution in [1.82, 2.24) is 19.3 Å². The molecular formula is C24H25N7O2. The zero-order valence-electron chi connectivity index (χ0n) is 18.4. The molecule has 0 bridgehead atoms. The number of para-hydroxylation sites is 1. The molecule has 5 rings (SSSR count). The number of hydrogen-bond donors (Lipinski definition) is 1. The lowest BCUT2D eigenvalue weighted by molar-refractivity contribution is -0.586. The standard InChI is InChI=1S/C24H25N7O2/c1-2-3-13-29-22-20(27-24(29)28-12-6-8-18(25)15-28)14-26-30(23(22)32)16-19-11-10-17-7-4-5-9-21(17)31(19)33/h4-5,7,9-11,14,18H,6,8,12-13,15-16,25H2,1H3/t18-/m1/s1. The predicted molar refractivity (Wildman–Crippen MR) is 127 cm³/mol. The maximum atomic E-state index is 13.5. The summed E-state index contributed by atoms with van der Waals surface area (Å²) in [7, 11) is 0. The number of nitrogens with two attached hydrogens (primary N) is 1. The molecule has 1 aliphatic heterocycles. The largest absolute Gasteiger partial charge is 0.618 e. The summed E-state index contributed by atoms with van der Waals surface area (Å²) < 4.78 is 4.01. The molecule has 33 heavy (non-hydrogen) atoms. The zero-order valence-corrected chi connectivity index (χ0v) is 18.4. The number of fused-ring (bicyclic) bond motifs is 2. The van der Waals surface area contributed by atoms with Crippen LogP contribution < -0.4 is 20.9 Å². The van der Waals surface area contributed by atoms with Crippen LogP contribution in [0.3, 0.4) is 0 Å². The SMILES string of the molecule is CC#CCn1c(N2CCC[C@@H](N)C2)nc2cnn(Cc3ccc4ccccc4[n+]3[O-])c(=O)c21. The van der Waals surface area contributed by atoms with Gasteiger partial charge in [-0.1, -0.05) is 18.1 Å². The average molecular weight is 444 g/mol. The molecule has 1 saturated heterocycles. The van der Waals surface area contributed by atoms with Gasteiger partial charge in [0.1, 0.15) is 17.6 Å². The summed E-state index contributed by atoms with van der Waals surface area (Å²) in [5.74, 6) is 6.63. The van der Waals surface area contributed by atoms with E-state index in [9.17, 15) is 10.0 Å². The lowest BCUT2D eigenvalue weighted by atomic mass is 10.1. The van der Waals surface area contributed by atoms with Crippen LogP contribution in [0, 0.1) is 17.0 Å². The van der Waals surface area contributed by atoms with Gasteiger partial charge in [-0.05, 0) is 31.9 Å². The molecule has 1 aliphatic rings. The van der Waals surface area contributed by atoms with E-state index in [1.807, 2.05) is 28.8 Å². The number of rotatable bonds is 4. The maximum Gasteiger partial charge on any atom is 0.293 e. The lowest BCUT2D eigenvalue weighted by Crippen LogP contribution is -2.44. The van der Waals surface area contributed by atoms with E-state index in [0.29, 0.717) is 41.3 Å². The third kappa shape index (κ3) is 3.79. The highest BCUT2D eigenvalue weighted by atomic mass is 16.5. The Balaban J connectivity index is 1.60. The molecule has 0 unspecified atom stereocenters. The van der Waals surface area contributed by atoms with Crippen LogP contribution in [0.4, 0.5) is 5.95 Å². The highest BCUT2D eigenvalue weighted by Crippen LogP contribution is 2.23. The monoisotopic (exact) mass is 443 g/mol. The number of nitrogens with zero attached hydrogens (tertiary/aromatic N) is 6. The Kier molecular flexibility index (Phi) is 5.44. The molecule has 9 heteroatoms. The fourth-order valence-corrected chi connectivity index (χ4v) is 4.42. The first-order chi connectivity index (χ1) is 16.1. The van der Waals surface area contributed by atoms with Crippen molar-refractivity contribution in [3.63, 3.8) is 0 Å². The summed E-state index contributed by atoms with van der Waals surface area (Å²) in [6.45, 7) is 3.66. The Bertz CT molecular complexity index is 1460. The molecule has 9 nitrogen and oxygen atoms in total. The number of anilines is 1. The fraction of sp³-hybridized carbons (Fsp3) is 0.333. The average Bonchev–Trinajstić information content (AvgIpc) is 3.20. The van der Waals surface area contributed by atoms with Crippen molar-refractivity contribution in [2.75, 3.05) is 18.0 Å². The van der Waals surface area contributed by atoms with Gasteiger partial charge in [0, 0.05) is 36.7 Å². The van der Waals surface area contributed by atoms with Gasteiger partial charge in [0.2, 0.25) is 17.2 Å². The number of aromatic nitrogens is 5. The van der Waals surface area contributed by atoms with E-state index in [1.165, 1.54) is 4.68 Å². The highest BCUT2D eigenvalue weighted by Gasteiger charge is 2.24. The number of pyridine rings is 1. The molecule has 0 amide bonds. The van der Waals surface area contributed by atoms with Gasteiger partial charge in [0.15, 0.2) is 0 Å². The van der Waals surface area contributed by atoms with Crippen LogP contribution in [0.2, 0.25) is 0 Å². The van der Waals surface area contributed by atoms with Crippen molar-refractivity contribution in [2.24, 2.45) is 5.73 Å². The van der Waals surface area contributed by atoms with Gasteiger partial charge in [-0.2, -0.15) is 9.83 Å². The molecule has 1 fully saturated rings. The molecule has 4 aromatic rings. The molecule has 2 N–H and O–H groups in total. The first-order valence-electron chi connectivity index (χ1n) is 11.0. The van der Waals surface area contributed by atoms with Gasteiger partial charge in [-0.3, -0.25) is 9.36 Å². The number of hydrogen-bond acceptors (Lipinski definition) is 6. The topological polar surface area (TPSA) is 109 Å². The van der Waals surface area contributed by atoms with Gasteiger partial charge >= 0.3 is 0 Å². The minimum atomic E-state index is -0.307. The third-order valence-electron chi connectivity index (χ3n) is 6.07. The van der Waals surface area contributed by atoms with Crippen LogP contribution in [-0.2, 0) is 13.1 Å². The van der Waals surface area contributed by atoms with Crippen molar-refractivity contribution in [3.05, 3.63) is 63.9 Å². The summed E-state index contributed by atoms with van der Waals surface area (Å²) in [4.78, 5) is 20.3. The van der Waals surface area contributed by atoms with E-state index in [0.717, 1.165) is 29.5 Å². The van der Waals surface area contributed by atoms with E-state index in [2.05, 4.69) is 21.8 Å². The minimum Gasteiger partial charge on any atom is -0.618 e. The molecule has 0 radical (unpaired) electrons. The predicted octanol–water partition coefficient (Wildman–Crippen LogP) is 1.38. The van der Waals surface area contributed by atoms with E-state index in [4.69, 9.17) is 10.7 Å². The Hall–Kier alpha value is -3.90. The van der Waals surface area contributed by atoms with E-state index in [1.54, 1.807) is 25.3 Å². The second-order valence-electron chi connectivity index (χ2n) is 8.29. The molecule has 1 aromatic carbocycles. The Labute approximate surface area is 190 Å². The first-order valence-corrected chi connectivity index (χ1v) is 11.0. The summed E-state index contributed by atoms with van der Waals surface area (Å²) in [5, 5.41) is 18.0. The van der Waals surface area contributed by atoms with E-state index < -0.39 is 0 Å². The van der Waals surface area contributed by atoms with Crippen molar-refractivity contribution in [1.29, 1.82) is 0 Å².